The lowest BCUT2D eigenvalue weighted by atomic mass is 10.5. The van der Waals surface area contributed by atoms with Crippen LogP contribution >= 0.6 is 0 Å². The Morgan fingerprint density at radius 1 is 1.42 bits per heavy atom. The molecule has 0 spiro atoms. The van der Waals surface area contributed by atoms with Crippen LogP contribution in [0.25, 0.3) is 0 Å². The smallest absolute Gasteiger partial charge is 0.267 e. The molecular formula is C7H9NO3S. The molecule has 1 aromatic heterocycles. The topological polar surface area (TPSA) is 56.3 Å². The Balaban J connectivity index is 2.99. The molecule has 66 valence electrons. The van der Waals surface area contributed by atoms with Crippen LogP contribution in [0.2, 0.25) is 0 Å². The predicted octanol–water partition coefficient (Wildman–Crippen LogP) is 0.807. The van der Waals surface area contributed by atoms with Crippen molar-refractivity contribution in [3.8, 4) is 0 Å². The molecule has 0 aliphatic rings. The van der Waals surface area contributed by atoms with E-state index in [2.05, 4.69) is 9.17 Å². The number of rotatable bonds is 3. The first-order valence-corrected chi connectivity index (χ1v) is 4.87. The van der Waals surface area contributed by atoms with Gasteiger partial charge >= 0.3 is 0 Å². The quantitative estimate of drug-likeness (QED) is 0.657. The van der Waals surface area contributed by atoms with E-state index in [4.69, 9.17) is 0 Å². The first-order valence-electron chi connectivity index (χ1n) is 3.46. The molecule has 4 nitrogen and oxygen atoms in total. The van der Waals surface area contributed by atoms with E-state index in [0.29, 0.717) is 0 Å². The fraction of sp³-hybridized carbons (Fsp3) is 0.286. The van der Waals surface area contributed by atoms with Crippen molar-refractivity contribution in [2.24, 2.45) is 0 Å². The standard InChI is InChI=1S/C7H9NO3S/c1-2-11-12(9,10)7-3-5-8-6-4-7/h3-6H,2H2,1H3. The summed E-state index contributed by atoms with van der Waals surface area (Å²) in [4.78, 5) is 3.84. The summed E-state index contributed by atoms with van der Waals surface area (Å²) >= 11 is 0. The Kier molecular flexibility index (Phi) is 2.78. The summed E-state index contributed by atoms with van der Waals surface area (Å²) in [6.07, 6.45) is 2.82. The maximum atomic E-state index is 11.2. The van der Waals surface area contributed by atoms with Gasteiger partial charge in [-0.2, -0.15) is 8.42 Å². The van der Waals surface area contributed by atoms with E-state index in [-0.39, 0.29) is 11.5 Å². The zero-order valence-electron chi connectivity index (χ0n) is 6.60. The molecule has 5 heteroatoms. The minimum Gasteiger partial charge on any atom is -0.267 e. The summed E-state index contributed by atoms with van der Waals surface area (Å²) < 4.78 is 26.9. The summed E-state index contributed by atoms with van der Waals surface area (Å²) in [5.41, 5.74) is 0. The van der Waals surface area contributed by atoms with Crippen LogP contribution in [-0.4, -0.2) is 20.0 Å². The molecule has 0 saturated heterocycles. The molecule has 0 aromatic carbocycles. The third kappa shape index (κ3) is 2.02. The normalized spacial score (nSPS) is 11.4. The Morgan fingerprint density at radius 3 is 2.50 bits per heavy atom. The highest BCUT2D eigenvalue weighted by molar-refractivity contribution is 7.86. The SMILES string of the molecule is CCOS(=O)(=O)c1ccncc1. The zero-order chi connectivity index (χ0) is 9.03. The summed E-state index contributed by atoms with van der Waals surface area (Å²) in [5.74, 6) is 0. The van der Waals surface area contributed by atoms with E-state index in [1.165, 1.54) is 24.5 Å². The van der Waals surface area contributed by atoms with Crippen LogP contribution in [0.15, 0.2) is 29.4 Å². The second-order valence-corrected chi connectivity index (χ2v) is 3.66. The molecule has 0 N–H and O–H groups in total. The fourth-order valence-corrected chi connectivity index (χ4v) is 1.63. The molecule has 0 saturated carbocycles. The number of hydrogen-bond donors (Lipinski definition) is 0. The minimum absolute atomic E-state index is 0.138. The van der Waals surface area contributed by atoms with Crippen molar-refractivity contribution in [3.63, 3.8) is 0 Å². The molecule has 0 atom stereocenters. The van der Waals surface area contributed by atoms with Crippen LogP contribution in [0.4, 0.5) is 0 Å². The van der Waals surface area contributed by atoms with Gasteiger partial charge in [-0.1, -0.05) is 0 Å². The van der Waals surface area contributed by atoms with Crippen molar-refractivity contribution in [2.75, 3.05) is 6.61 Å². The number of hydrogen-bond acceptors (Lipinski definition) is 4. The molecule has 12 heavy (non-hydrogen) atoms. The molecule has 0 amide bonds. The van der Waals surface area contributed by atoms with E-state index in [1.807, 2.05) is 0 Å². The highest BCUT2D eigenvalue weighted by Crippen LogP contribution is 2.09. The molecule has 0 aliphatic heterocycles. The second-order valence-electron chi connectivity index (χ2n) is 2.04. The van der Waals surface area contributed by atoms with Gasteiger partial charge in [-0.25, -0.2) is 0 Å². The second kappa shape index (κ2) is 3.64. The molecule has 0 bridgehead atoms. The molecule has 0 fully saturated rings. The van der Waals surface area contributed by atoms with E-state index in [0.717, 1.165) is 0 Å². The number of pyridine rings is 1. The first-order chi connectivity index (χ1) is 5.67. The van der Waals surface area contributed by atoms with Gasteiger partial charge in [0.05, 0.1) is 11.5 Å². The highest BCUT2D eigenvalue weighted by atomic mass is 32.2. The van der Waals surface area contributed by atoms with Gasteiger partial charge in [-0.3, -0.25) is 9.17 Å². The van der Waals surface area contributed by atoms with E-state index in [1.54, 1.807) is 6.92 Å². The molecular weight excluding hydrogens is 178 g/mol. The fourth-order valence-electron chi connectivity index (χ4n) is 0.728. The van der Waals surface area contributed by atoms with Crippen LogP contribution in [0.3, 0.4) is 0 Å². The van der Waals surface area contributed by atoms with Crippen molar-refractivity contribution in [1.82, 2.24) is 4.98 Å². The van der Waals surface area contributed by atoms with Crippen molar-refractivity contribution < 1.29 is 12.6 Å². The monoisotopic (exact) mass is 187 g/mol. The lowest BCUT2D eigenvalue weighted by Crippen LogP contribution is -2.05. The molecule has 1 aromatic rings. The maximum Gasteiger partial charge on any atom is 0.297 e. The number of nitrogens with zero attached hydrogens (tertiary/aromatic N) is 1. The summed E-state index contributed by atoms with van der Waals surface area (Å²) in [6.45, 7) is 1.77. The van der Waals surface area contributed by atoms with Crippen molar-refractivity contribution >= 4 is 10.1 Å². The molecule has 0 radical (unpaired) electrons. The summed E-state index contributed by atoms with van der Waals surface area (Å²) in [6, 6.07) is 2.79. The van der Waals surface area contributed by atoms with E-state index in [9.17, 15) is 8.42 Å². The van der Waals surface area contributed by atoms with E-state index >= 15 is 0 Å². The molecule has 1 heterocycles. The zero-order valence-corrected chi connectivity index (χ0v) is 7.41. The van der Waals surface area contributed by atoms with Gasteiger partial charge in [0.15, 0.2) is 0 Å². The van der Waals surface area contributed by atoms with Crippen LogP contribution in [0, 0.1) is 0 Å². The molecule has 0 aliphatic carbocycles. The Hall–Kier alpha value is -0.940. The van der Waals surface area contributed by atoms with Gasteiger partial charge in [-0.15, -0.1) is 0 Å². The number of aromatic nitrogens is 1. The third-order valence-electron chi connectivity index (χ3n) is 1.21. The van der Waals surface area contributed by atoms with Gasteiger partial charge in [0, 0.05) is 12.4 Å². The Morgan fingerprint density at radius 2 is 2.00 bits per heavy atom. The van der Waals surface area contributed by atoms with Gasteiger partial charge in [0.25, 0.3) is 10.1 Å². The minimum atomic E-state index is -3.55. The van der Waals surface area contributed by atoms with Crippen LogP contribution in [-0.2, 0) is 14.3 Å². The molecule has 0 unspecified atom stereocenters. The van der Waals surface area contributed by atoms with Gasteiger partial charge in [0.1, 0.15) is 0 Å². The van der Waals surface area contributed by atoms with E-state index < -0.39 is 10.1 Å². The predicted molar refractivity (Wildman–Crippen MR) is 43.0 cm³/mol. The van der Waals surface area contributed by atoms with Gasteiger partial charge < -0.3 is 0 Å². The van der Waals surface area contributed by atoms with Gasteiger partial charge in [0.2, 0.25) is 0 Å². The summed E-state index contributed by atoms with van der Waals surface area (Å²) in [7, 11) is -3.55. The summed E-state index contributed by atoms with van der Waals surface area (Å²) in [5, 5.41) is 0. The largest absolute Gasteiger partial charge is 0.297 e. The third-order valence-corrected chi connectivity index (χ3v) is 2.61. The first kappa shape index (κ1) is 9.15. The van der Waals surface area contributed by atoms with Gasteiger partial charge in [-0.05, 0) is 19.1 Å². The van der Waals surface area contributed by atoms with Crippen LogP contribution < -0.4 is 0 Å². The molecule has 1 rings (SSSR count). The van der Waals surface area contributed by atoms with Crippen molar-refractivity contribution in [3.05, 3.63) is 24.5 Å². The lowest BCUT2D eigenvalue weighted by Gasteiger charge is -2.00. The maximum absolute atomic E-state index is 11.2. The highest BCUT2D eigenvalue weighted by Gasteiger charge is 2.12. The Bertz CT molecular complexity index is 333. The van der Waals surface area contributed by atoms with Crippen molar-refractivity contribution in [2.45, 2.75) is 11.8 Å². The van der Waals surface area contributed by atoms with Crippen molar-refractivity contribution in [1.29, 1.82) is 0 Å². The lowest BCUT2D eigenvalue weighted by molar-refractivity contribution is 0.338. The van der Waals surface area contributed by atoms with Crippen LogP contribution in [0.1, 0.15) is 6.92 Å². The average Bonchev–Trinajstić information content (AvgIpc) is 2.06. The average molecular weight is 187 g/mol. The Labute approximate surface area is 71.3 Å². The van der Waals surface area contributed by atoms with Crippen LogP contribution in [0.5, 0.6) is 0 Å².